The van der Waals surface area contributed by atoms with Crippen LogP contribution in [0, 0.1) is 0 Å². The first-order chi connectivity index (χ1) is 7.14. The van der Waals surface area contributed by atoms with E-state index in [1.54, 1.807) is 0 Å². The van der Waals surface area contributed by atoms with Crippen molar-refractivity contribution < 1.29 is 26.3 Å². The monoisotopic (exact) mass is 262 g/mol. The fourth-order valence-corrected chi connectivity index (χ4v) is 1.34. The van der Waals surface area contributed by atoms with Crippen molar-refractivity contribution in [1.29, 1.82) is 0 Å². The number of benzene rings is 1. The van der Waals surface area contributed by atoms with E-state index in [0.29, 0.717) is 12.1 Å². The molecule has 0 saturated carbocycles. The molecule has 0 heterocycles. The molecule has 1 atom stereocenters. The van der Waals surface area contributed by atoms with Crippen LogP contribution in [-0.4, -0.2) is 6.18 Å². The highest BCUT2D eigenvalue weighted by Crippen LogP contribution is 2.43. The van der Waals surface area contributed by atoms with Crippen LogP contribution in [0.15, 0.2) is 24.3 Å². The van der Waals surface area contributed by atoms with Gasteiger partial charge in [0.1, 0.15) is 0 Å². The number of hydrogen-bond donors (Lipinski definition) is 0. The third kappa shape index (κ3) is 2.81. The smallest absolute Gasteiger partial charge is 0.169 e. The van der Waals surface area contributed by atoms with Crippen molar-refractivity contribution in [2.75, 3.05) is 0 Å². The Labute approximate surface area is 91.8 Å². The van der Waals surface area contributed by atoms with Gasteiger partial charge in [-0.2, -0.15) is 26.3 Å². The average molecular weight is 263 g/mol. The number of halogens is 7. The predicted octanol–water partition coefficient (Wildman–Crippen LogP) is 4.55. The Bertz CT molecular complexity index is 367. The van der Waals surface area contributed by atoms with Gasteiger partial charge in [0.15, 0.2) is 5.38 Å². The van der Waals surface area contributed by atoms with Gasteiger partial charge in [-0.15, -0.1) is 11.6 Å². The van der Waals surface area contributed by atoms with E-state index in [1.165, 1.54) is 0 Å². The molecule has 1 unspecified atom stereocenters. The van der Waals surface area contributed by atoms with Gasteiger partial charge in [-0.1, -0.05) is 18.2 Å². The van der Waals surface area contributed by atoms with Crippen LogP contribution < -0.4 is 0 Å². The van der Waals surface area contributed by atoms with Crippen molar-refractivity contribution in [1.82, 2.24) is 0 Å². The average Bonchev–Trinajstić information content (AvgIpc) is 2.14. The summed E-state index contributed by atoms with van der Waals surface area (Å²) in [6, 6.07) is 3.36. The number of hydrogen-bond acceptors (Lipinski definition) is 0. The van der Waals surface area contributed by atoms with Gasteiger partial charge in [0.2, 0.25) is 0 Å². The Morgan fingerprint density at radius 3 is 1.88 bits per heavy atom. The highest BCUT2D eigenvalue weighted by molar-refractivity contribution is 6.21. The zero-order chi connectivity index (χ0) is 12.6. The lowest BCUT2D eigenvalue weighted by Gasteiger charge is -2.18. The molecule has 0 fully saturated rings. The van der Waals surface area contributed by atoms with Crippen LogP contribution in [0.4, 0.5) is 26.3 Å². The van der Waals surface area contributed by atoms with Gasteiger partial charge in [0, 0.05) is 0 Å². The number of rotatable bonds is 1. The van der Waals surface area contributed by atoms with Crippen molar-refractivity contribution in [3.8, 4) is 0 Å². The maximum absolute atomic E-state index is 12.4. The molecule has 0 aliphatic rings. The topological polar surface area (TPSA) is 0 Å². The highest BCUT2D eigenvalue weighted by Gasteiger charge is 2.44. The summed E-state index contributed by atoms with van der Waals surface area (Å²) in [6.45, 7) is 0. The quantitative estimate of drug-likeness (QED) is 0.514. The van der Waals surface area contributed by atoms with Gasteiger partial charge in [-0.3, -0.25) is 0 Å². The Balaban J connectivity index is 3.25. The lowest BCUT2D eigenvalue weighted by atomic mass is 10.0. The molecule has 0 N–H and O–H groups in total. The summed E-state index contributed by atoms with van der Waals surface area (Å²) in [5.41, 5.74) is -2.35. The van der Waals surface area contributed by atoms with Crippen molar-refractivity contribution >= 4 is 11.6 Å². The van der Waals surface area contributed by atoms with Gasteiger partial charge in [-0.25, -0.2) is 0 Å². The van der Waals surface area contributed by atoms with Gasteiger partial charge in [0.05, 0.1) is 5.56 Å². The molecule has 0 amide bonds. The van der Waals surface area contributed by atoms with Crippen LogP contribution in [0.1, 0.15) is 16.5 Å². The van der Waals surface area contributed by atoms with Crippen molar-refractivity contribution in [3.05, 3.63) is 35.4 Å². The molecule has 0 bridgehead atoms. The Morgan fingerprint density at radius 1 is 0.938 bits per heavy atom. The van der Waals surface area contributed by atoms with Crippen LogP contribution >= 0.6 is 11.6 Å². The van der Waals surface area contributed by atoms with Crippen LogP contribution in [0.2, 0.25) is 0 Å². The molecule has 0 aliphatic heterocycles. The van der Waals surface area contributed by atoms with E-state index < -0.39 is 28.9 Å². The fraction of sp³-hybridized carbons (Fsp3) is 0.333. The lowest BCUT2D eigenvalue weighted by Crippen LogP contribution is -2.19. The third-order valence-corrected chi connectivity index (χ3v) is 2.31. The van der Waals surface area contributed by atoms with E-state index in [0.717, 1.165) is 12.1 Å². The van der Waals surface area contributed by atoms with Crippen LogP contribution in [0.3, 0.4) is 0 Å². The summed E-state index contributed by atoms with van der Waals surface area (Å²) in [5.74, 6) is 0. The first-order valence-electron chi connectivity index (χ1n) is 4.01. The summed E-state index contributed by atoms with van der Waals surface area (Å²) in [7, 11) is 0. The minimum absolute atomic E-state index is 0.566. The van der Waals surface area contributed by atoms with E-state index >= 15 is 0 Å². The third-order valence-electron chi connectivity index (χ3n) is 1.83. The minimum atomic E-state index is -4.91. The molecule has 1 rings (SSSR count). The zero-order valence-corrected chi connectivity index (χ0v) is 8.29. The fourth-order valence-electron chi connectivity index (χ4n) is 1.15. The molecule has 16 heavy (non-hydrogen) atoms. The summed E-state index contributed by atoms with van der Waals surface area (Å²) >= 11 is 4.97. The maximum Gasteiger partial charge on any atom is 0.416 e. The summed E-state index contributed by atoms with van der Waals surface area (Å²) in [5, 5.41) is -2.66. The molecule has 0 spiro atoms. The second-order valence-electron chi connectivity index (χ2n) is 2.99. The van der Waals surface area contributed by atoms with E-state index in [1.807, 2.05) is 0 Å². The van der Waals surface area contributed by atoms with Crippen LogP contribution in [0.5, 0.6) is 0 Å². The molecule has 0 radical (unpaired) electrons. The molecule has 7 heteroatoms. The maximum atomic E-state index is 12.4. The minimum Gasteiger partial charge on any atom is -0.169 e. The molecule has 1 aromatic rings. The Hall–Kier alpha value is -0.910. The largest absolute Gasteiger partial charge is 0.416 e. The van der Waals surface area contributed by atoms with Gasteiger partial charge in [-0.05, 0) is 11.6 Å². The normalized spacial score (nSPS) is 14.9. The molecule has 90 valence electrons. The van der Waals surface area contributed by atoms with Crippen molar-refractivity contribution in [3.63, 3.8) is 0 Å². The lowest BCUT2D eigenvalue weighted by molar-refractivity contribution is -0.144. The molecular formula is C9H5ClF6. The van der Waals surface area contributed by atoms with Crippen LogP contribution in [0.25, 0.3) is 0 Å². The number of alkyl halides is 7. The Morgan fingerprint density at radius 2 is 1.44 bits per heavy atom. The van der Waals surface area contributed by atoms with Crippen molar-refractivity contribution in [2.45, 2.75) is 17.7 Å². The molecule has 0 aromatic heterocycles. The summed E-state index contributed by atoms with van der Waals surface area (Å²) in [6.07, 6.45) is -9.77. The van der Waals surface area contributed by atoms with E-state index in [-0.39, 0.29) is 0 Å². The molecule has 0 aliphatic carbocycles. The summed E-state index contributed by atoms with van der Waals surface area (Å²) < 4.78 is 73.7. The zero-order valence-electron chi connectivity index (χ0n) is 7.53. The van der Waals surface area contributed by atoms with Crippen LogP contribution in [-0.2, 0) is 6.18 Å². The molecule has 1 aromatic carbocycles. The predicted molar refractivity (Wildman–Crippen MR) is 46.1 cm³/mol. The second kappa shape index (κ2) is 4.16. The highest BCUT2D eigenvalue weighted by atomic mass is 35.5. The molecule has 0 saturated heterocycles. The molecule has 0 nitrogen and oxygen atoms in total. The molecular weight excluding hydrogens is 258 g/mol. The second-order valence-corrected chi connectivity index (χ2v) is 3.43. The van der Waals surface area contributed by atoms with Gasteiger partial charge < -0.3 is 0 Å². The first kappa shape index (κ1) is 13.2. The standard InChI is InChI=1S/C9H5ClF6/c10-7(9(14,15)16)5-3-1-2-4-6(5)8(11,12)13/h1-4,7H. The van der Waals surface area contributed by atoms with Crippen molar-refractivity contribution in [2.24, 2.45) is 0 Å². The first-order valence-corrected chi connectivity index (χ1v) is 4.44. The SMILES string of the molecule is FC(F)(F)c1ccccc1C(Cl)C(F)(F)F. The van der Waals surface area contributed by atoms with E-state index in [9.17, 15) is 26.3 Å². The van der Waals surface area contributed by atoms with E-state index in [2.05, 4.69) is 0 Å². The van der Waals surface area contributed by atoms with E-state index in [4.69, 9.17) is 11.6 Å². The van der Waals surface area contributed by atoms with Gasteiger partial charge in [0.25, 0.3) is 0 Å². The summed E-state index contributed by atoms with van der Waals surface area (Å²) in [4.78, 5) is 0. The van der Waals surface area contributed by atoms with Gasteiger partial charge >= 0.3 is 12.4 Å². The Kier molecular flexibility index (Phi) is 3.42.